The molecular weight excluding hydrogens is 292 g/mol. The van der Waals surface area contributed by atoms with Crippen molar-refractivity contribution in [3.8, 4) is 0 Å². The van der Waals surface area contributed by atoms with Gasteiger partial charge in [-0.3, -0.25) is 4.79 Å². The van der Waals surface area contributed by atoms with E-state index in [1.165, 1.54) is 64.2 Å². The van der Waals surface area contributed by atoms with Crippen molar-refractivity contribution in [1.82, 2.24) is 0 Å². The van der Waals surface area contributed by atoms with Gasteiger partial charge in [0.1, 0.15) is 5.78 Å². The fourth-order valence-corrected chi connectivity index (χ4v) is 5.14. The zero-order valence-electron chi connectivity index (χ0n) is 16.9. The molecule has 0 aromatic heterocycles. The van der Waals surface area contributed by atoms with E-state index in [9.17, 15) is 4.79 Å². The van der Waals surface area contributed by atoms with Crippen LogP contribution in [0.5, 0.6) is 0 Å². The molecule has 0 N–H and O–H groups in total. The van der Waals surface area contributed by atoms with E-state index in [0.29, 0.717) is 5.78 Å². The molecule has 1 nitrogen and oxygen atoms in total. The molecule has 140 valence electrons. The largest absolute Gasteiger partial charge is 0.300 e. The van der Waals surface area contributed by atoms with Gasteiger partial charge >= 0.3 is 0 Å². The van der Waals surface area contributed by atoms with Crippen LogP contribution in [0.4, 0.5) is 0 Å². The third-order valence-corrected chi connectivity index (χ3v) is 7.33. The number of Topliss-reactive ketones (excluding diaryl/α,β-unsaturated/α-hetero) is 1. The molecule has 2 aliphatic rings. The van der Waals surface area contributed by atoms with Crippen LogP contribution in [0.3, 0.4) is 0 Å². The summed E-state index contributed by atoms with van der Waals surface area (Å²) >= 11 is 0. The van der Waals surface area contributed by atoms with Crippen molar-refractivity contribution in [1.29, 1.82) is 0 Å². The lowest BCUT2D eigenvalue weighted by atomic mass is 9.74. The Bertz CT molecular complexity index is 320. The van der Waals surface area contributed by atoms with Gasteiger partial charge in [-0.1, -0.05) is 53.4 Å². The molecule has 2 rings (SSSR count). The summed E-state index contributed by atoms with van der Waals surface area (Å²) in [6.07, 6.45) is 15.1. The Morgan fingerprint density at radius 2 is 1.00 bits per heavy atom. The molecule has 24 heavy (non-hydrogen) atoms. The molecular formula is C23H42O. The predicted octanol–water partition coefficient (Wildman–Crippen LogP) is 7.04. The van der Waals surface area contributed by atoms with Gasteiger partial charge in [-0.15, -0.1) is 0 Å². The minimum absolute atomic E-state index is 0.548. The van der Waals surface area contributed by atoms with Crippen molar-refractivity contribution >= 4 is 5.78 Å². The van der Waals surface area contributed by atoms with Gasteiger partial charge in [-0.05, 0) is 74.0 Å². The summed E-state index contributed by atoms with van der Waals surface area (Å²) in [6, 6.07) is 0. The Balaban J connectivity index is 1.55. The highest BCUT2D eigenvalue weighted by atomic mass is 16.1. The van der Waals surface area contributed by atoms with Crippen LogP contribution in [0.25, 0.3) is 0 Å². The zero-order valence-corrected chi connectivity index (χ0v) is 16.9. The standard InChI is InChI=1S/C23H42O/c1-17(2)21-11-5-19(6-12-21)9-15-23(24)16-10-20-7-13-22(14-8-20)18(3)4/h17-22H,5-16H2,1-4H3. The lowest BCUT2D eigenvalue weighted by Gasteiger charge is -2.31. The van der Waals surface area contributed by atoms with Crippen molar-refractivity contribution in [2.75, 3.05) is 0 Å². The van der Waals surface area contributed by atoms with Crippen LogP contribution in [-0.2, 0) is 4.79 Å². The highest BCUT2D eigenvalue weighted by molar-refractivity contribution is 5.78. The number of carbonyl (C=O) groups is 1. The van der Waals surface area contributed by atoms with Crippen LogP contribution in [0, 0.1) is 35.5 Å². The van der Waals surface area contributed by atoms with Gasteiger partial charge in [0, 0.05) is 12.8 Å². The van der Waals surface area contributed by atoms with E-state index in [1.54, 1.807) is 0 Å². The highest BCUT2D eigenvalue weighted by Crippen LogP contribution is 2.37. The number of rotatable bonds is 8. The first-order valence-electron chi connectivity index (χ1n) is 11.0. The van der Waals surface area contributed by atoms with E-state index < -0.39 is 0 Å². The molecule has 0 unspecified atom stereocenters. The van der Waals surface area contributed by atoms with Crippen molar-refractivity contribution in [3.05, 3.63) is 0 Å². The van der Waals surface area contributed by atoms with Gasteiger partial charge in [-0.2, -0.15) is 0 Å². The number of carbonyl (C=O) groups excluding carboxylic acids is 1. The van der Waals surface area contributed by atoms with Crippen LogP contribution >= 0.6 is 0 Å². The fraction of sp³-hybridized carbons (Fsp3) is 0.957. The molecule has 0 amide bonds. The first kappa shape index (κ1) is 20.0. The summed E-state index contributed by atoms with van der Waals surface area (Å²) < 4.78 is 0. The quantitative estimate of drug-likeness (QED) is 0.465. The van der Waals surface area contributed by atoms with Crippen molar-refractivity contribution in [2.45, 2.75) is 105 Å². The third kappa shape index (κ3) is 6.52. The highest BCUT2D eigenvalue weighted by Gasteiger charge is 2.25. The molecule has 0 aliphatic heterocycles. The second-order valence-corrected chi connectivity index (χ2v) is 9.67. The van der Waals surface area contributed by atoms with Crippen LogP contribution in [-0.4, -0.2) is 5.78 Å². The molecule has 2 fully saturated rings. The first-order valence-corrected chi connectivity index (χ1v) is 11.0. The second-order valence-electron chi connectivity index (χ2n) is 9.67. The van der Waals surface area contributed by atoms with Crippen molar-refractivity contribution in [3.63, 3.8) is 0 Å². The van der Waals surface area contributed by atoms with E-state index in [1.807, 2.05) is 0 Å². The summed E-state index contributed by atoms with van der Waals surface area (Å²) in [6.45, 7) is 9.46. The second kappa shape index (κ2) is 9.97. The molecule has 0 aromatic rings. The molecule has 0 heterocycles. The summed E-state index contributed by atoms with van der Waals surface area (Å²) in [4.78, 5) is 12.3. The van der Waals surface area contributed by atoms with E-state index in [4.69, 9.17) is 0 Å². The molecule has 0 spiro atoms. The number of hydrogen-bond acceptors (Lipinski definition) is 1. The van der Waals surface area contributed by atoms with Crippen LogP contribution in [0.2, 0.25) is 0 Å². The summed E-state index contributed by atoms with van der Waals surface area (Å²) in [5.74, 6) is 5.80. The summed E-state index contributed by atoms with van der Waals surface area (Å²) in [5, 5.41) is 0. The maximum absolute atomic E-state index is 12.3. The molecule has 0 radical (unpaired) electrons. The maximum atomic E-state index is 12.3. The Morgan fingerprint density at radius 1 is 0.667 bits per heavy atom. The molecule has 1 heteroatoms. The monoisotopic (exact) mass is 334 g/mol. The predicted molar refractivity (Wildman–Crippen MR) is 104 cm³/mol. The van der Waals surface area contributed by atoms with Crippen LogP contribution in [0.1, 0.15) is 105 Å². The number of hydrogen-bond donors (Lipinski definition) is 0. The normalized spacial score (nSPS) is 31.6. The topological polar surface area (TPSA) is 17.1 Å². The average molecular weight is 335 g/mol. The van der Waals surface area contributed by atoms with E-state index in [0.717, 1.165) is 48.3 Å². The van der Waals surface area contributed by atoms with E-state index >= 15 is 0 Å². The summed E-state index contributed by atoms with van der Waals surface area (Å²) in [5.41, 5.74) is 0. The first-order chi connectivity index (χ1) is 11.5. The van der Waals surface area contributed by atoms with Gasteiger partial charge in [0.2, 0.25) is 0 Å². The molecule has 0 saturated heterocycles. The zero-order chi connectivity index (χ0) is 17.5. The molecule has 0 aromatic carbocycles. The van der Waals surface area contributed by atoms with Gasteiger partial charge in [0.25, 0.3) is 0 Å². The average Bonchev–Trinajstić information content (AvgIpc) is 2.58. The Kier molecular flexibility index (Phi) is 8.31. The smallest absolute Gasteiger partial charge is 0.132 e. The van der Waals surface area contributed by atoms with Crippen LogP contribution in [0.15, 0.2) is 0 Å². The van der Waals surface area contributed by atoms with Gasteiger partial charge in [0.05, 0.1) is 0 Å². The number of ketones is 1. The van der Waals surface area contributed by atoms with E-state index in [2.05, 4.69) is 27.7 Å². The lowest BCUT2D eigenvalue weighted by molar-refractivity contribution is -0.119. The minimum Gasteiger partial charge on any atom is -0.300 e. The van der Waals surface area contributed by atoms with Gasteiger partial charge < -0.3 is 0 Å². The Labute approximate surface area is 151 Å². The maximum Gasteiger partial charge on any atom is 0.132 e. The van der Waals surface area contributed by atoms with Crippen LogP contribution < -0.4 is 0 Å². The van der Waals surface area contributed by atoms with Crippen molar-refractivity contribution in [2.24, 2.45) is 35.5 Å². The molecule has 2 aliphatic carbocycles. The SMILES string of the molecule is CC(C)C1CCC(CCC(=O)CCC2CCC(C(C)C)CC2)CC1. The fourth-order valence-electron chi connectivity index (χ4n) is 5.14. The molecule has 0 atom stereocenters. The van der Waals surface area contributed by atoms with E-state index in [-0.39, 0.29) is 0 Å². The molecule has 0 bridgehead atoms. The third-order valence-electron chi connectivity index (χ3n) is 7.33. The Hall–Kier alpha value is -0.330. The Morgan fingerprint density at radius 3 is 1.29 bits per heavy atom. The van der Waals surface area contributed by atoms with Gasteiger partial charge in [-0.25, -0.2) is 0 Å². The molecule has 2 saturated carbocycles. The summed E-state index contributed by atoms with van der Waals surface area (Å²) in [7, 11) is 0. The minimum atomic E-state index is 0.548. The van der Waals surface area contributed by atoms with Crippen molar-refractivity contribution < 1.29 is 4.79 Å². The lowest BCUT2D eigenvalue weighted by Crippen LogP contribution is -2.20. The van der Waals surface area contributed by atoms with Gasteiger partial charge in [0.15, 0.2) is 0 Å².